The van der Waals surface area contributed by atoms with E-state index < -0.39 is 0 Å². The van der Waals surface area contributed by atoms with Crippen LogP contribution in [0.3, 0.4) is 0 Å². The molecule has 0 radical (unpaired) electrons. The molecule has 0 aliphatic carbocycles. The molecule has 2 unspecified atom stereocenters. The van der Waals surface area contributed by atoms with Crippen molar-refractivity contribution in [3.8, 4) is 11.5 Å². The van der Waals surface area contributed by atoms with Crippen LogP contribution in [0.1, 0.15) is 19.4 Å². The van der Waals surface area contributed by atoms with Crippen LogP contribution in [0.25, 0.3) is 0 Å². The molecule has 0 saturated carbocycles. The van der Waals surface area contributed by atoms with Crippen molar-refractivity contribution in [3.05, 3.63) is 23.8 Å². The number of rotatable bonds is 5. The fourth-order valence-electron chi connectivity index (χ4n) is 3.04. The molecule has 26 heavy (non-hydrogen) atoms. The van der Waals surface area contributed by atoms with Gasteiger partial charge >= 0.3 is 5.97 Å². The van der Waals surface area contributed by atoms with E-state index in [1.165, 1.54) is 14.2 Å². The molecule has 2 atom stereocenters. The van der Waals surface area contributed by atoms with E-state index in [0.29, 0.717) is 24.4 Å². The quantitative estimate of drug-likeness (QED) is 0.293. The number of phenols is 1. The van der Waals surface area contributed by atoms with Crippen LogP contribution in [0.4, 0.5) is 0 Å². The van der Waals surface area contributed by atoms with Crippen LogP contribution in [0.2, 0.25) is 0 Å². The maximum Gasteiger partial charge on any atom is 0.310 e. The summed E-state index contributed by atoms with van der Waals surface area (Å²) < 4.78 is 10.0. The average Bonchev–Trinajstić information content (AvgIpc) is 3.00. The maximum atomic E-state index is 11.9. The van der Waals surface area contributed by atoms with Crippen LogP contribution >= 0.6 is 24.0 Å². The molecule has 1 saturated heterocycles. The van der Waals surface area contributed by atoms with E-state index in [1.807, 2.05) is 26.0 Å². The second-order valence-corrected chi connectivity index (χ2v) is 6.15. The smallest absolute Gasteiger partial charge is 0.310 e. The molecule has 0 amide bonds. The van der Waals surface area contributed by atoms with Gasteiger partial charge in [0, 0.05) is 25.2 Å². The number of halogens is 1. The number of esters is 1. The molecule has 1 aromatic carbocycles. The van der Waals surface area contributed by atoms with Gasteiger partial charge in [0.25, 0.3) is 0 Å². The van der Waals surface area contributed by atoms with Crippen molar-refractivity contribution >= 4 is 35.9 Å². The van der Waals surface area contributed by atoms with Gasteiger partial charge in [-0.25, -0.2) is 4.99 Å². The molecular weight excluding hydrogens is 449 g/mol. The summed E-state index contributed by atoms with van der Waals surface area (Å²) in [4.78, 5) is 18.6. The topological polar surface area (TPSA) is 83.4 Å². The summed E-state index contributed by atoms with van der Waals surface area (Å²) in [7, 11) is 2.94. The number of nitrogens with zero attached hydrogens (tertiary/aromatic N) is 2. The predicted molar refractivity (Wildman–Crippen MR) is 111 cm³/mol. The number of aromatic hydroxyl groups is 1. The van der Waals surface area contributed by atoms with Crippen LogP contribution in [-0.4, -0.2) is 55.8 Å². The Morgan fingerprint density at radius 3 is 2.73 bits per heavy atom. The highest BCUT2D eigenvalue weighted by molar-refractivity contribution is 14.0. The Hall–Kier alpha value is -1.71. The Labute approximate surface area is 171 Å². The van der Waals surface area contributed by atoms with Crippen molar-refractivity contribution in [2.24, 2.45) is 16.8 Å². The molecular formula is C18H28IN3O4. The molecule has 2 N–H and O–H groups in total. The monoisotopic (exact) mass is 477 g/mol. The van der Waals surface area contributed by atoms with Crippen molar-refractivity contribution < 1.29 is 19.4 Å². The molecule has 0 aromatic heterocycles. The lowest BCUT2D eigenvalue weighted by atomic mass is 9.99. The zero-order valence-corrected chi connectivity index (χ0v) is 18.0. The zero-order chi connectivity index (χ0) is 18.4. The van der Waals surface area contributed by atoms with Crippen LogP contribution in [-0.2, 0) is 16.1 Å². The van der Waals surface area contributed by atoms with Crippen molar-refractivity contribution in [1.82, 2.24) is 10.2 Å². The fourth-order valence-corrected chi connectivity index (χ4v) is 3.04. The highest BCUT2D eigenvalue weighted by atomic mass is 127. The minimum Gasteiger partial charge on any atom is -0.504 e. The SMILES string of the molecule is CCNC(=NCc1cccc(OC)c1O)N1CC(C)C(C(=O)OC)C1.I. The summed E-state index contributed by atoms with van der Waals surface area (Å²) in [5, 5.41) is 13.4. The van der Waals surface area contributed by atoms with Gasteiger partial charge in [-0.15, -0.1) is 24.0 Å². The predicted octanol–water partition coefficient (Wildman–Crippen LogP) is 2.23. The van der Waals surface area contributed by atoms with Crippen LogP contribution in [0, 0.1) is 11.8 Å². The molecule has 0 bridgehead atoms. The molecule has 1 aromatic rings. The van der Waals surface area contributed by atoms with Gasteiger partial charge in [-0.3, -0.25) is 4.79 Å². The van der Waals surface area contributed by atoms with Gasteiger partial charge in [0.05, 0.1) is 26.7 Å². The first-order chi connectivity index (χ1) is 12.0. The Kier molecular flexibility index (Phi) is 8.97. The molecule has 1 aliphatic heterocycles. The number of methoxy groups -OCH3 is 2. The molecule has 146 valence electrons. The summed E-state index contributed by atoms with van der Waals surface area (Å²) >= 11 is 0. The number of aliphatic imine (C=N–C) groups is 1. The lowest BCUT2D eigenvalue weighted by molar-refractivity contribution is -0.145. The first-order valence-corrected chi connectivity index (χ1v) is 8.47. The normalized spacial score (nSPS) is 19.7. The third kappa shape index (κ3) is 5.15. The van der Waals surface area contributed by atoms with Crippen molar-refractivity contribution in [2.75, 3.05) is 33.9 Å². The number of phenolic OH excluding ortho intramolecular Hbond substituents is 1. The molecule has 1 heterocycles. The third-order valence-electron chi connectivity index (χ3n) is 4.45. The summed E-state index contributed by atoms with van der Waals surface area (Å²) in [6, 6.07) is 5.34. The number of ether oxygens (including phenoxy) is 2. The molecule has 1 fully saturated rings. The number of carbonyl (C=O) groups is 1. The Bertz CT molecular complexity index is 639. The minimum absolute atomic E-state index is 0. The highest BCUT2D eigenvalue weighted by Crippen LogP contribution is 2.30. The van der Waals surface area contributed by atoms with Gasteiger partial charge in [-0.05, 0) is 18.9 Å². The number of hydrogen-bond donors (Lipinski definition) is 2. The number of carbonyl (C=O) groups excluding carboxylic acids is 1. The first-order valence-electron chi connectivity index (χ1n) is 8.47. The van der Waals surface area contributed by atoms with Crippen molar-refractivity contribution in [3.63, 3.8) is 0 Å². The van der Waals surface area contributed by atoms with Gasteiger partial charge in [0.15, 0.2) is 17.5 Å². The number of guanidine groups is 1. The van der Waals surface area contributed by atoms with Crippen molar-refractivity contribution in [2.45, 2.75) is 20.4 Å². The highest BCUT2D eigenvalue weighted by Gasteiger charge is 2.36. The van der Waals surface area contributed by atoms with Gasteiger partial charge in [-0.1, -0.05) is 19.1 Å². The van der Waals surface area contributed by atoms with Crippen LogP contribution in [0.5, 0.6) is 11.5 Å². The molecule has 7 nitrogen and oxygen atoms in total. The Morgan fingerprint density at radius 1 is 1.38 bits per heavy atom. The zero-order valence-electron chi connectivity index (χ0n) is 15.7. The Balaban J connectivity index is 0.00000338. The van der Waals surface area contributed by atoms with E-state index in [2.05, 4.69) is 15.2 Å². The minimum atomic E-state index is -0.184. The van der Waals surface area contributed by atoms with E-state index >= 15 is 0 Å². The second-order valence-electron chi connectivity index (χ2n) is 6.15. The summed E-state index contributed by atoms with van der Waals surface area (Å²) in [5.74, 6) is 1.12. The van der Waals surface area contributed by atoms with E-state index in [4.69, 9.17) is 9.47 Å². The van der Waals surface area contributed by atoms with Gasteiger partial charge < -0.3 is 24.8 Å². The first kappa shape index (κ1) is 22.3. The van der Waals surface area contributed by atoms with Gasteiger partial charge in [0.2, 0.25) is 0 Å². The number of likely N-dealkylation sites (tertiary alicyclic amines) is 1. The van der Waals surface area contributed by atoms with Crippen LogP contribution < -0.4 is 10.1 Å². The summed E-state index contributed by atoms with van der Waals surface area (Å²) in [6.45, 7) is 6.38. The van der Waals surface area contributed by atoms with Gasteiger partial charge in [-0.2, -0.15) is 0 Å². The molecule has 0 spiro atoms. The largest absolute Gasteiger partial charge is 0.504 e. The van der Waals surface area contributed by atoms with E-state index in [1.54, 1.807) is 6.07 Å². The van der Waals surface area contributed by atoms with E-state index in [9.17, 15) is 9.90 Å². The Morgan fingerprint density at radius 2 is 2.12 bits per heavy atom. The number of nitrogens with one attached hydrogen (secondary N) is 1. The van der Waals surface area contributed by atoms with Gasteiger partial charge in [0.1, 0.15) is 0 Å². The van der Waals surface area contributed by atoms with Crippen molar-refractivity contribution in [1.29, 1.82) is 0 Å². The number of para-hydroxylation sites is 1. The number of benzene rings is 1. The molecule has 1 aliphatic rings. The summed E-state index contributed by atoms with van der Waals surface area (Å²) in [6.07, 6.45) is 0. The fraction of sp³-hybridized carbons (Fsp3) is 0.556. The third-order valence-corrected chi connectivity index (χ3v) is 4.45. The second kappa shape index (κ2) is 10.4. The lowest BCUT2D eigenvalue weighted by Crippen LogP contribution is -2.40. The molecule has 2 rings (SSSR count). The maximum absolute atomic E-state index is 11.9. The van der Waals surface area contributed by atoms with E-state index in [0.717, 1.165) is 19.0 Å². The molecule has 8 heteroatoms. The number of hydrogen-bond acceptors (Lipinski definition) is 5. The average molecular weight is 477 g/mol. The van der Waals surface area contributed by atoms with E-state index in [-0.39, 0.29) is 47.5 Å². The lowest BCUT2D eigenvalue weighted by Gasteiger charge is -2.21. The summed E-state index contributed by atoms with van der Waals surface area (Å²) in [5.41, 5.74) is 0.687. The van der Waals surface area contributed by atoms with Crippen LogP contribution in [0.15, 0.2) is 23.2 Å². The standard InChI is InChI=1S/C18H27N3O4.HI/c1-5-19-18(21-10-12(2)14(11-21)17(23)25-4)20-9-13-7-6-8-15(24-3)16(13)22;/h6-8,12,14,22H,5,9-11H2,1-4H3,(H,19,20);1H.